The maximum absolute atomic E-state index is 12.9. The lowest BCUT2D eigenvalue weighted by atomic mass is 9.84. The first-order chi connectivity index (χ1) is 8.66. The first-order valence-electron chi connectivity index (χ1n) is 6.59. The molecule has 1 aromatic rings. The number of carbonyl (C=O) groups is 1. The Bertz CT molecular complexity index is 416. The van der Waals surface area contributed by atoms with Crippen molar-refractivity contribution in [2.24, 2.45) is 5.92 Å². The van der Waals surface area contributed by atoms with E-state index in [2.05, 4.69) is 10.3 Å². The zero-order valence-electron chi connectivity index (χ0n) is 10.7. The van der Waals surface area contributed by atoms with Crippen LogP contribution in [0.3, 0.4) is 0 Å². The fourth-order valence-electron chi connectivity index (χ4n) is 2.59. The van der Waals surface area contributed by atoms with Gasteiger partial charge in [-0.15, -0.1) is 0 Å². The zero-order chi connectivity index (χ0) is 13.0. The minimum absolute atomic E-state index is 0.147. The largest absolute Gasteiger partial charge is 0.349 e. The second kappa shape index (κ2) is 5.94. The topological polar surface area (TPSA) is 42.0 Å². The number of aromatic nitrogens is 1. The molecule has 0 aliphatic heterocycles. The lowest BCUT2D eigenvalue weighted by molar-refractivity contribution is 0.0918. The standard InChI is InChI=1S/C14H19FN2O/c1-10(11-5-3-2-4-6-11)17-14(18)12-7-8-16-13(15)9-12/h7-11H,2-6H2,1H3,(H,17,18). The zero-order valence-corrected chi connectivity index (χ0v) is 10.7. The summed E-state index contributed by atoms with van der Waals surface area (Å²) in [6.45, 7) is 2.03. The van der Waals surface area contributed by atoms with E-state index in [0.717, 1.165) is 0 Å². The third-order valence-electron chi connectivity index (χ3n) is 3.70. The van der Waals surface area contributed by atoms with Crippen LogP contribution in [0.15, 0.2) is 18.3 Å². The summed E-state index contributed by atoms with van der Waals surface area (Å²) in [4.78, 5) is 15.4. The fraction of sp³-hybridized carbons (Fsp3) is 0.571. The molecule has 1 fully saturated rings. The second-order valence-corrected chi connectivity index (χ2v) is 5.03. The van der Waals surface area contributed by atoms with Crippen molar-refractivity contribution in [3.05, 3.63) is 29.8 Å². The van der Waals surface area contributed by atoms with Gasteiger partial charge < -0.3 is 5.32 Å². The van der Waals surface area contributed by atoms with Gasteiger partial charge in [0.1, 0.15) is 0 Å². The van der Waals surface area contributed by atoms with Crippen LogP contribution >= 0.6 is 0 Å². The van der Waals surface area contributed by atoms with E-state index in [1.807, 2.05) is 6.92 Å². The molecule has 0 bridgehead atoms. The smallest absolute Gasteiger partial charge is 0.251 e. The van der Waals surface area contributed by atoms with Crippen molar-refractivity contribution in [3.8, 4) is 0 Å². The molecule has 2 rings (SSSR count). The minimum Gasteiger partial charge on any atom is -0.349 e. The fourth-order valence-corrected chi connectivity index (χ4v) is 2.59. The number of carbonyl (C=O) groups excluding carboxylic acids is 1. The van der Waals surface area contributed by atoms with Crippen molar-refractivity contribution in [1.29, 1.82) is 0 Å². The number of pyridine rings is 1. The van der Waals surface area contributed by atoms with E-state index in [4.69, 9.17) is 0 Å². The molecule has 98 valence electrons. The third kappa shape index (κ3) is 3.28. The SMILES string of the molecule is CC(NC(=O)c1ccnc(F)c1)C1CCCCC1. The lowest BCUT2D eigenvalue weighted by Crippen LogP contribution is -2.38. The molecule has 3 nitrogen and oxygen atoms in total. The summed E-state index contributed by atoms with van der Waals surface area (Å²) in [6, 6.07) is 2.85. The maximum atomic E-state index is 12.9. The van der Waals surface area contributed by atoms with Crippen LogP contribution in [0.1, 0.15) is 49.4 Å². The molecule has 1 atom stereocenters. The maximum Gasteiger partial charge on any atom is 0.251 e. The first kappa shape index (κ1) is 13.0. The minimum atomic E-state index is -0.618. The van der Waals surface area contributed by atoms with Gasteiger partial charge in [0.05, 0.1) is 0 Å². The van der Waals surface area contributed by atoms with Crippen molar-refractivity contribution in [3.63, 3.8) is 0 Å². The number of halogens is 1. The van der Waals surface area contributed by atoms with E-state index >= 15 is 0 Å². The highest BCUT2D eigenvalue weighted by Crippen LogP contribution is 2.26. The van der Waals surface area contributed by atoms with Crippen LogP contribution in [0, 0.1) is 11.9 Å². The van der Waals surface area contributed by atoms with Gasteiger partial charge in [0.15, 0.2) is 0 Å². The molecule has 1 heterocycles. The highest BCUT2D eigenvalue weighted by Gasteiger charge is 2.21. The van der Waals surface area contributed by atoms with Crippen molar-refractivity contribution in [2.75, 3.05) is 0 Å². The van der Waals surface area contributed by atoms with Gasteiger partial charge >= 0.3 is 0 Å². The summed E-state index contributed by atoms with van der Waals surface area (Å²) >= 11 is 0. The normalized spacial score (nSPS) is 18.3. The molecule has 1 N–H and O–H groups in total. The Hall–Kier alpha value is -1.45. The van der Waals surface area contributed by atoms with Gasteiger partial charge in [-0.1, -0.05) is 19.3 Å². The summed E-state index contributed by atoms with van der Waals surface area (Å²) in [6.07, 6.45) is 7.45. The van der Waals surface area contributed by atoms with Crippen LogP contribution in [0.5, 0.6) is 0 Å². The summed E-state index contributed by atoms with van der Waals surface area (Å²) < 4.78 is 12.9. The average Bonchev–Trinajstić information content (AvgIpc) is 2.39. The van der Waals surface area contributed by atoms with Gasteiger partial charge in [-0.05, 0) is 31.7 Å². The molecular weight excluding hydrogens is 231 g/mol. The predicted molar refractivity (Wildman–Crippen MR) is 67.7 cm³/mol. The highest BCUT2D eigenvalue weighted by molar-refractivity contribution is 5.94. The molecule has 1 saturated carbocycles. The Morgan fingerprint density at radius 1 is 1.44 bits per heavy atom. The molecular formula is C14H19FN2O. The summed E-state index contributed by atoms with van der Waals surface area (Å²) in [5.41, 5.74) is 0.338. The number of nitrogens with zero attached hydrogens (tertiary/aromatic N) is 1. The molecule has 1 aliphatic rings. The number of rotatable bonds is 3. The van der Waals surface area contributed by atoms with Crippen LogP contribution in [-0.4, -0.2) is 16.9 Å². The van der Waals surface area contributed by atoms with Gasteiger partial charge in [-0.25, -0.2) is 4.98 Å². The summed E-state index contributed by atoms with van der Waals surface area (Å²) in [5.74, 6) is -0.281. The van der Waals surface area contributed by atoms with Crippen LogP contribution in [-0.2, 0) is 0 Å². The molecule has 1 amide bonds. The van der Waals surface area contributed by atoms with E-state index in [9.17, 15) is 9.18 Å². The lowest BCUT2D eigenvalue weighted by Gasteiger charge is -2.28. The van der Waals surface area contributed by atoms with Crippen molar-refractivity contribution >= 4 is 5.91 Å². The summed E-state index contributed by atoms with van der Waals surface area (Å²) in [7, 11) is 0. The molecule has 1 unspecified atom stereocenters. The van der Waals surface area contributed by atoms with E-state index in [0.29, 0.717) is 11.5 Å². The van der Waals surface area contributed by atoms with Gasteiger partial charge in [0.2, 0.25) is 5.95 Å². The van der Waals surface area contributed by atoms with E-state index in [-0.39, 0.29) is 11.9 Å². The molecule has 0 saturated heterocycles. The van der Waals surface area contributed by atoms with Crippen molar-refractivity contribution < 1.29 is 9.18 Å². The predicted octanol–water partition coefficient (Wildman–Crippen LogP) is 2.92. The molecule has 1 aliphatic carbocycles. The molecule has 1 aromatic heterocycles. The number of hydrogen-bond donors (Lipinski definition) is 1. The van der Waals surface area contributed by atoms with Crippen LogP contribution in [0.25, 0.3) is 0 Å². The van der Waals surface area contributed by atoms with Crippen molar-refractivity contribution in [2.45, 2.75) is 45.1 Å². The second-order valence-electron chi connectivity index (χ2n) is 5.03. The average molecular weight is 250 g/mol. The van der Waals surface area contributed by atoms with Gasteiger partial charge in [0.25, 0.3) is 5.91 Å². The molecule has 0 spiro atoms. The van der Waals surface area contributed by atoms with Crippen molar-refractivity contribution in [1.82, 2.24) is 10.3 Å². The van der Waals surface area contributed by atoms with Crippen LogP contribution in [0.4, 0.5) is 4.39 Å². The van der Waals surface area contributed by atoms with Gasteiger partial charge in [-0.2, -0.15) is 4.39 Å². The van der Waals surface area contributed by atoms with E-state index in [1.165, 1.54) is 50.4 Å². The van der Waals surface area contributed by atoms with Gasteiger partial charge in [-0.3, -0.25) is 4.79 Å². The monoisotopic (exact) mass is 250 g/mol. The number of hydrogen-bond acceptors (Lipinski definition) is 2. The third-order valence-corrected chi connectivity index (χ3v) is 3.70. The molecule has 4 heteroatoms. The van der Waals surface area contributed by atoms with Crippen LogP contribution in [0.2, 0.25) is 0 Å². The van der Waals surface area contributed by atoms with E-state index < -0.39 is 5.95 Å². The van der Waals surface area contributed by atoms with Gasteiger partial charge in [0, 0.05) is 23.9 Å². The number of amides is 1. The first-order valence-corrected chi connectivity index (χ1v) is 6.59. The quantitative estimate of drug-likeness (QED) is 0.838. The van der Waals surface area contributed by atoms with Crippen LogP contribution < -0.4 is 5.32 Å². The Morgan fingerprint density at radius 3 is 2.83 bits per heavy atom. The highest BCUT2D eigenvalue weighted by atomic mass is 19.1. The number of nitrogens with one attached hydrogen (secondary N) is 1. The Kier molecular flexibility index (Phi) is 4.28. The molecule has 0 aromatic carbocycles. The molecule has 18 heavy (non-hydrogen) atoms. The van der Waals surface area contributed by atoms with E-state index in [1.54, 1.807) is 0 Å². The Morgan fingerprint density at radius 2 is 2.17 bits per heavy atom. The Labute approximate surface area is 107 Å². The summed E-state index contributed by atoms with van der Waals surface area (Å²) in [5, 5.41) is 2.96. The Balaban J connectivity index is 1.94. The molecule has 0 radical (unpaired) electrons.